The SMILES string of the molecule is CCC[C@H](NC(=O)NCC(C)COC)C(=O)O. The number of rotatable bonds is 8. The number of carboxylic acid groups (broad SMARTS) is 1. The molecule has 0 aliphatic heterocycles. The Morgan fingerprint density at radius 1 is 1.41 bits per heavy atom. The van der Waals surface area contributed by atoms with Crippen LogP contribution in [0.5, 0.6) is 0 Å². The van der Waals surface area contributed by atoms with Crippen LogP contribution in [-0.4, -0.2) is 43.4 Å². The summed E-state index contributed by atoms with van der Waals surface area (Å²) in [6, 6.07) is -1.27. The lowest BCUT2D eigenvalue weighted by Crippen LogP contribution is -2.47. The zero-order chi connectivity index (χ0) is 13.3. The van der Waals surface area contributed by atoms with Crippen LogP contribution in [0.15, 0.2) is 0 Å². The molecule has 0 heterocycles. The first-order chi connectivity index (χ1) is 8.01. The number of hydrogen-bond acceptors (Lipinski definition) is 3. The van der Waals surface area contributed by atoms with E-state index in [1.807, 2.05) is 13.8 Å². The maximum Gasteiger partial charge on any atom is 0.326 e. The molecule has 0 aromatic rings. The van der Waals surface area contributed by atoms with E-state index in [-0.39, 0.29) is 5.92 Å². The molecule has 1 unspecified atom stereocenters. The van der Waals surface area contributed by atoms with Gasteiger partial charge in [0.1, 0.15) is 6.04 Å². The highest BCUT2D eigenvalue weighted by molar-refractivity contribution is 5.82. The average molecular weight is 246 g/mol. The van der Waals surface area contributed by atoms with Crippen molar-refractivity contribution >= 4 is 12.0 Å². The molecule has 0 aliphatic rings. The van der Waals surface area contributed by atoms with Crippen molar-refractivity contribution in [1.29, 1.82) is 0 Å². The molecule has 0 rings (SSSR count). The van der Waals surface area contributed by atoms with Crippen LogP contribution in [-0.2, 0) is 9.53 Å². The number of methoxy groups -OCH3 is 1. The molecule has 0 aromatic carbocycles. The lowest BCUT2D eigenvalue weighted by Gasteiger charge is -2.16. The van der Waals surface area contributed by atoms with Gasteiger partial charge in [0, 0.05) is 13.7 Å². The second-order valence-electron chi connectivity index (χ2n) is 4.09. The Labute approximate surface area is 102 Å². The van der Waals surface area contributed by atoms with E-state index >= 15 is 0 Å². The first-order valence-electron chi connectivity index (χ1n) is 5.77. The third kappa shape index (κ3) is 7.57. The molecule has 6 nitrogen and oxygen atoms in total. The monoisotopic (exact) mass is 246 g/mol. The number of nitrogens with one attached hydrogen (secondary N) is 2. The van der Waals surface area contributed by atoms with Crippen molar-refractivity contribution in [2.45, 2.75) is 32.7 Å². The Kier molecular flexibility index (Phi) is 8.13. The Balaban J connectivity index is 3.93. The fourth-order valence-electron chi connectivity index (χ4n) is 1.37. The molecule has 0 saturated heterocycles. The summed E-state index contributed by atoms with van der Waals surface area (Å²) < 4.78 is 4.93. The third-order valence-corrected chi connectivity index (χ3v) is 2.24. The number of urea groups is 1. The van der Waals surface area contributed by atoms with E-state index < -0.39 is 18.0 Å². The molecule has 0 spiro atoms. The minimum atomic E-state index is -1.01. The van der Waals surface area contributed by atoms with Crippen molar-refractivity contribution in [2.24, 2.45) is 5.92 Å². The van der Waals surface area contributed by atoms with Crippen LogP contribution < -0.4 is 10.6 Å². The molecule has 0 radical (unpaired) electrons. The summed E-state index contributed by atoms with van der Waals surface area (Å²) in [4.78, 5) is 22.2. The topological polar surface area (TPSA) is 87.7 Å². The highest BCUT2D eigenvalue weighted by Gasteiger charge is 2.18. The molecule has 6 heteroatoms. The van der Waals surface area contributed by atoms with E-state index in [0.717, 1.165) is 0 Å². The van der Waals surface area contributed by atoms with Gasteiger partial charge in [-0.3, -0.25) is 0 Å². The molecule has 100 valence electrons. The predicted molar refractivity (Wildman–Crippen MR) is 63.9 cm³/mol. The maximum atomic E-state index is 11.4. The third-order valence-electron chi connectivity index (χ3n) is 2.24. The van der Waals surface area contributed by atoms with Gasteiger partial charge in [-0.2, -0.15) is 0 Å². The van der Waals surface area contributed by atoms with Gasteiger partial charge in [0.15, 0.2) is 0 Å². The molecule has 3 N–H and O–H groups in total. The Bertz CT molecular complexity index is 246. The van der Waals surface area contributed by atoms with Gasteiger partial charge in [-0.15, -0.1) is 0 Å². The average Bonchev–Trinajstić information content (AvgIpc) is 2.26. The normalized spacial score (nSPS) is 13.8. The molecule has 2 atom stereocenters. The quantitative estimate of drug-likeness (QED) is 0.591. The summed E-state index contributed by atoms with van der Waals surface area (Å²) in [7, 11) is 1.60. The van der Waals surface area contributed by atoms with Gasteiger partial charge in [0.25, 0.3) is 0 Å². The Morgan fingerprint density at radius 2 is 2.06 bits per heavy atom. The number of hydrogen-bond donors (Lipinski definition) is 3. The van der Waals surface area contributed by atoms with Crippen molar-refractivity contribution in [2.75, 3.05) is 20.3 Å². The van der Waals surface area contributed by atoms with Crippen LogP contribution in [0.2, 0.25) is 0 Å². The van der Waals surface area contributed by atoms with Crippen LogP contribution in [0.4, 0.5) is 4.79 Å². The van der Waals surface area contributed by atoms with Gasteiger partial charge < -0.3 is 20.5 Å². The Hall–Kier alpha value is -1.30. The summed E-state index contributed by atoms with van der Waals surface area (Å²) in [6.45, 7) is 4.82. The molecule has 0 bridgehead atoms. The number of aliphatic carboxylic acids is 1. The fraction of sp³-hybridized carbons (Fsp3) is 0.818. The fourth-order valence-corrected chi connectivity index (χ4v) is 1.37. The van der Waals surface area contributed by atoms with Gasteiger partial charge in [-0.1, -0.05) is 20.3 Å². The van der Waals surface area contributed by atoms with E-state index in [0.29, 0.717) is 26.0 Å². The van der Waals surface area contributed by atoms with Gasteiger partial charge in [-0.05, 0) is 12.3 Å². The summed E-state index contributed by atoms with van der Waals surface area (Å²) in [5.74, 6) is -0.813. The largest absolute Gasteiger partial charge is 0.480 e. The van der Waals surface area contributed by atoms with Gasteiger partial charge >= 0.3 is 12.0 Å². The van der Waals surface area contributed by atoms with E-state index in [1.165, 1.54) is 0 Å². The van der Waals surface area contributed by atoms with Crippen molar-refractivity contribution in [3.05, 3.63) is 0 Å². The predicted octanol–water partition coefficient (Wildman–Crippen LogP) is 0.821. The number of carboxylic acids is 1. The first-order valence-corrected chi connectivity index (χ1v) is 5.77. The number of amides is 2. The maximum absolute atomic E-state index is 11.4. The standard InChI is InChI=1S/C11H22N2O4/c1-4-5-9(10(14)15)13-11(16)12-6-8(2)7-17-3/h8-9H,4-7H2,1-3H3,(H,14,15)(H2,12,13,16)/t8?,9-/m0/s1. The van der Waals surface area contributed by atoms with E-state index in [1.54, 1.807) is 7.11 Å². The van der Waals surface area contributed by atoms with Gasteiger partial charge in [-0.25, -0.2) is 9.59 Å². The molecule has 0 fully saturated rings. The zero-order valence-electron chi connectivity index (χ0n) is 10.7. The number of carbonyl (C=O) groups excluding carboxylic acids is 1. The van der Waals surface area contributed by atoms with E-state index in [2.05, 4.69) is 10.6 Å². The first kappa shape index (κ1) is 15.7. The molecular weight excluding hydrogens is 224 g/mol. The minimum absolute atomic E-state index is 0.195. The summed E-state index contributed by atoms with van der Waals surface area (Å²) in [5, 5.41) is 13.9. The van der Waals surface area contributed by atoms with Gasteiger partial charge in [0.2, 0.25) is 0 Å². The van der Waals surface area contributed by atoms with Crippen LogP contribution in [0.1, 0.15) is 26.7 Å². The lowest BCUT2D eigenvalue weighted by molar-refractivity contribution is -0.139. The second kappa shape index (κ2) is 8.81. The van der Waals surface area contributed by atoms with E-state index in [4.69, 9.17) is 9.84 Å². The van der Waals surface area contributed by atoms with Crippen LogP contribution >= 0.6 is 0 Å². The van der Waals surface area contributed by atoms with Gasteiger partial charge in [0.05, 0.1) is 6.61 Å². The molecule has 0 saturated carbocycles. The highest BCUT2D eigenvalue weighted by Crippen LogP contribution is 1.97. The Morgan fingerprint density at radius 3 is 2.53 bits per heavy atom. The zero-order valence-corrected chi connectivity index (χ0v) is 10.7. The van der Waals surface area contributed by atoms with Crippen LogP contribution in [0.25, 0.3) is 0 Å². The van der Waals surface area contributed by atoms with Crippen molar-refractivity contribution < 1.29 is 19.4 Å². The summed E-state index contributed by atoms with van der Waals surface area (Å²) in [6.07, 6.45) is 1.13. The van der Waals surface area contributed by atoms with Crippen LogP contribution in [0.3, 0.4) is 0 Å². The summed E-state index contributed by atoms with van der Waals surface area (Å²) in [5.41, 5.74) is 0. The van der Waals surface area contributed by atoms with Crippen LogP contribution in [0, 0.1) is 5.92 Å². The van der Waals surface area contributed by atoms with Crippen molar-refractivity contribution in [1.82, 2.24) is 10.6 Å². The number of ether oxygens (including phenoxy) is 1. The minimum Gasteiger partial charge on any atom is -0.480 e. The molecule has 17 heavy (non-hydrogen) atoms. The highest BCUT2D eigenvalue weighted by atomic mass is 16.5. The lowest BCUT2D eigenvalue weighted by atomic mass is 10.2. The van der Waals surface area contributed by atoms with E-state index in [9.17, 15) is 9.59 Å². The van der Waals surface area contributed by atoms with Crippen molar-refractivity contribution in [3.63, 3.8) is 0 Å². The van der Waals surface area contributed by atoms with Crippen molar-refractivity contribution in [3.8, 4) is 0 Å². The molecular formula is C11H22N2O4. The smallest absolute Gasteiger partial charge is 0.326 e. The molecule has 0 aliphatic carbocycles. The second-order valence-corrected chi connectivity index (χ2v) is 4.09. The number of carbonyl (C=O) groups is 2. The summed E-state index contributed by atoms with van der Waals surface area (Å²) >= 11 is 0. The molecule has 0 aromatic heterocycles. The molecule has 2 amide bonds.